The van der Waals surface area contributed by atoms with Crippen molar-refractivity contribution in [3.63, 3.8) is 0 Å². The standard InChI is InChI=1S/C35H32N3OP/c1-38(27-22-24-28(39-2)25-23-27)35-32-20-12-13-21-33(32)36-34(37-35)26-40(29-14-6-3-7-15-29,30-16-8-4-9-17-30)31-18-10-5-11-19-31/h3-25,40H,26H2,1-2H3. The van der Waals surface area contributed by atoms with Gasteiger partial charge in [-0.25, -0.2) is 0 Å². The van der Waals surface area contributed by atoms with Crippen LogP contribution in [-0.4, -0.2) is 24.1 Å². The van der Waals surface area contributed by atoms with Crippen LogP contribution in [-0.2, 0) is 6.16 Å². The molecule has 40 heavy (non-hydrogen) atoms. The van der Waals surface area contributed by atoms with Crippen molar-refractivity contribution in [1.82, 2.24) is 9.97 Å². The van der Waals surface area contributed by atoms with Crippen LogP contribution in [0.25, 0.3) is 10.9 Å². The van der Waals surface area contributed by atoms with Crippen molar-refractivity contribution in [3.8, 4) is 5.75 Å². The van der Waals surface area contributed by atoms with Crippen molar-refractivity contribution in [3.05, 3.63) is 145 Å². The van der Waals surface area contributed by atoms with Gasteiger partial charge in [-0.15, -0.1) is 0 Å². The number of fused-ring (bicyclic) bond motifs is 1. The van der Waals surface area contributed by atoms with Crippen LogP contribution in [0.4, 0.5) is 11.5 Å². The number of nitrogens with zero attached hydrogens (tertiary/aromatic N) is 3. The number of para-hydroxylation sites is 1. The predicted molar refractivity (Wildman–Crippen MR) is 171 cm³/mol. The molecule has 1 aromatic heterocycles. The Balaban J connectivity index is 1.56. The maximum atomic E-state index is 5.39. The van der Waals surface area contributed by atoms with Crippen LogP contribution in [0.15, 0.2) is 140 Å². The van der Waals surface area contributed by atoms with Gasteiger partial charge in [0.15, 0.2) is 0 Å². The van der Waals surface area contributed by atoms with Gasteiger partial charge in [-0.1, -0.05) is 0 Å². The molecule has 0 spiro atoms. The van der Waals surface area contributed by atoms with Gasteiger partial charge in [-0.2, -0.15) is 0 Å². The van der Waals surface area contributed by atoms with Crippen molar-refractivity contribution in [1.29, 1.82) is 0 Å². The van der Waals surface area contributed by atoms with Crippen LogP contribution in [0.3, 0.4) is 0 Å². The number of hydrogen-bond donors (Lipinski definition) is 0. The molecule has 0 N–H and O–H groups in total. The van der Waals surface area contributed by atoms with E-state index in [0.29, 0.717) is 0 Å². The third-order valence-corrected chi connectivity index (χ3v) is 12.4. The van der Waals surface area contributed by atoms with Gasteiger partial charge in [0, 0.05) is 0 Å². The fourth-order valence-electron chi connectivity index (χ4n) is 5.58. The zero-order valence-corrected chi connectivity index (χ0v) is 23.7. The van der Waals surface area contributed by atoms with Crippen LogP contribution in [0.5, 0.6) is 5.75 Å². The molecular weight excluding hydrogens is 509 g/mol. The van der Waals surface area contributed by atoms with E-state index < -0.39 is 7.26 Å². The van der Waals surface area contributed by atoms with E-state index in [2.05, 4.69) is 127 Å². The second kappa shape index (κ2) is 11.3. The number of ether oxygens (including phenoxy) is 1. The van der Waals surface area contributed by atoms with Gasteiger partial charge >= 0.3 is 237 Å². The molecule has 0 saturated heterocycles. The number of benzene rings is 5. The quantitative estimate of drug-likeness (QED) is 0.203. The minimum atomic E-state index is -2.56. The summed E-state index contributed by atoms with van der Waals surface area (Å²) in [6.45, 7) is 0. The van der Waals surface area contributed by atoms with E-state index in [-0.39, 0.29) is 0 Å². The van der Waals surface area contributed by atoms with E-state index in [4.69, 9.17) is 14.7 Å². The van der Waals surface area contributed by atoms with E-state index in [1.807, 2.05) is 24.3 Å². The molecule has 0 aliphatic heterocycles. The molecule has 198 valence electrons. The fourth-order valence-corrected chi connectivity index (χ4v) is 10.1. The first kappa shape index (κ1) is 25.7. The maximum absolute atomic E-state index is 5.39. The Morgan fingerprint density at radius 1 is 0.600 bits per heavy atom. The molecule has 0 bridgehead atoms. The summed E-state index contributed by atoms with van der Waals surface area (Å²) in [7, 11) is 1.19. The summed E-state index contributed by atoms with van der Waals surface area (Å²) in [5.41, 5.74) is 1.98. The molecule has 0 radical (unpaired) electrons. The molecular formula is C35H32N3OP. The van der Waals surface area contributed by atoms with Gasteiger partial charge < -0.3 is 0 Å². The molecule has 5 aromatic carbocycles. The number of rotatable bonds is 8. The number of anilines is 2. The van der Waals surface area contributed by atoms with Crippen LogP contribution in [0, 0.1) is 0 Å². The molecule has 0 fully saturated rings. The molecule has 5 heteroatoms. The Bertz CT molecular complexity index is 1610. The summed E-state index contributed by atoms with van der Waals surface area (Å²) in [6, 6.07) is 49.2. The average Bonchev–Trinajstić information content (AvgIpc) is 3.04. The Morgan fingerprint density at radius 2 is 1.10 bits per heavy atom. The van der Waals surface area contributed by atoms with Crippen LogP contribution in [0.1, 0.15) is 5.82 Å². The van der Waals surface area contributed by atoms with Crippen LogP contribution in [0.2, 0.25) is 0 Å². The average molecular weight is 542 g/mol. The topological polar surface area (TPSA) is 38.2 Å². The summed E-state index contributed by atoms with van der Waals surface area (Å²) in [4.78, 5) is 12.6. The molecule has 6 rings (SSSR count). The molecule has 4 nitrogen and oxygen atoms in total. The van der Waals surface area contributed by atoms with E-state index >= 15 is 0 Å². The first-order valence-corrected chi connectivity index (χ1v) is 15.7. The monoisotopic (exact) mass is 541 g/mol. The summed E-state index contributed by atoms with van der Waals surface area (Å²) in [5, 5.41) is 5.05. The zero-order chi connectivity index (χ0) is 27.4. The zero-order valence-electron chi connectivity index (χ0n) is 22.7. The van der Waals surface area contributed by atoms with E-state index in [1.165, 1.54) is 15.9 Å². The third kappa shape index (κ3) is 4.83. The Morgan fingerprint density at radius 3 is 1.62 bits per heavy atom. The molecule has 0 atom stereocenters. The Labute approximate surface area is 236 Å². The molecule has 0 amide bonds. The summed E-state index contributed by atoms with van der Waals surface area (Å²) < 4.78 is 5.39. The van der Waals surface area contributed by atoms with Gasteiger partial charge in [-0.05, 0) is 0 Å². The number of methoxy groups -OCH3 is 1. The van der Waals surface area contributed by atoms with Crippen LogP contribution >= 0.6 is 7.26 Å². The first-order chi connectivity index (χ1) is 19.7. The summed E-state index contributed by atoms with van der Waals surface area (Å²) in [6.07, 6.45) is 0.735. The SMILES string of the molecule is COc1ccc(N(C)c2nc(C[PH](c3ccccc3)(c3ccccc3)c3ccccc3)nc3ccccc23)cc1. The molecule has 1 heterocycles. The van der Waals surface area contributed by atoms with Crippen molar-refractivity contribution in [2.75, 3.05) is 19.1 Å². The minimum absolute atomic E-state index is 0.735. The van der Waals surface area contributed by atoms with E-state index in [1.54, 1.807) is 7.11 Å². The second-order valence-electron chi connectivity index (χ2n) is 9.92. The molecule has 0 aliphatic rings. The Hall–Kier alpha value is -4.53. The molecule has 0 saturated carbocycles. The number of aromatic nitrogens is 2. The van der Waals surface area contributed by atoms with Crippen molar-refractivity contribution < 1.29 is 4.74 Å². The van der Waals surface area contributed by atoms with Crippen molar-refractivity contribution >= 4 is 45.6 Å². The van der Waals surface area contributed by atoms with Crippen LogP contribution < -0.4 is 25.6 Å². The number of hydrogen-bond acceptors (Lipinski definition) is 4. The fraction of sp³-hybridized carbons (Fsp3) is 0.0857. The summed E-state index contributed by atoms with van der Waals surface area (Å²) in [5.74, 6) is 2.56. The van der Waals surface area contributed by atoms with E-state index in [0.717, 1.165) is 40.1 Å². The summed E-state index contributed by atoms with van der Waals surface area (Å²) >= 11 is 0. The van der Waals surface area contributed by atoms with Crippen molar-refractivity contribution in [2.45, 2.75) is 6.16 Å². The molecule has 0 aliphatic carbocycles. The first-order valence-electron chi connectivity index (χ1n) is 13.5. The van der Waals surface area contributed by atoms with Gasteiger partial charge in [0.1, 0.15) is 0 Å². The third-order valence-electron chi connectivity index (χ3n) is 7.63. The Kier molecular flexibility index (Phi) is 7.27. The predicted octanol–water partition coefficient (Wildman–Crippen LogP) is 6.63. The molecule has 6 aromatic rings. The molecule has 0 unspecified atom stereocenters. The second-order valence-corrected chi connectivity index (χ2v) is 13.8. The van der Waals surface area contributed by atoms with Gasteiger partial charge in [0.05, 0.1) is 0 Å². The normalized spacial score (nSPS) is 11.8. The van der Waals surface area contributed by atoms with Gasteiger partial charge in [0.25, 0.3) is 0 Å². The van der Waals surface area contributed by atoms with Crippen molar-refractivity contribution in [2.24, 2.45) is 0 Å². The van der Waals surface area contributed by atoms with E-state index in [9.17, 15) is 0 Å². The van der Waals surface area contributed by atoms with Gasteiger partial charge in [-0.3, -0.25) is 0 Å². The van der Waals surface area contributed by atoms with Gasteiger partial charge in [0.2, 0.25) is 0 Å².